The molecule has 0 radical (unpaired) electrons. The first-order chi connectivity index (χ1) is 6.36. The van der Waals surface area contributed by atoms with E-state index in [4.69, 9.17) is 5.73 Å². The van der Waals surface area contributed by atoms with Crippen LogP contribution in [0.3, 0.4) is 0 Å². The summed E-state index contributed by atoms with van der Waals surface area (Å²) < 4.78 is 0. The van der Waals surface area contributed by atoms with Crippen molar-refractivity contribution in [3.63, 3.8) is 0 Å². The first kappa shape index (κ1) is 10.2. The van der Waals surface area contributed by atoms with Gasteiger partial charge in [0, 0.05) is 12.4 Å². The molecule has 0 unspecified atom stereocenters. The average Bonchev–Trinajstić information content (AvgIpc) is 2.19. The van der Waals surface area contributed by atoms with Crippen molar-refractivity contribution in [2.45, 2.75) is 32.6 Å². The number of pyridine rings is 1. The first-order valence-electron chi connectivity index (χ1n) is 4.99. The van der Waals surface area contributed by atoms with Crippen molar-refractivity contribution in [1.82, 2.24) is 4.98 Å². The van der Waals surface area contributed by atoms with Gasteiger partial charge in [0.1, 0.15) is 0 Å². The van der Waals surface area contributed by atoms with Crippen LogP contribution in [-0.2, 0) is 12.8 Å². The van der Waals surface area contributed by atoms with E-state index in [1.54, 1.807) is 0 Å². The maximum Gasteiger partial charge on any atom is 0.0300 e. The van der Waals surface area contributed by atoms with E-state index in [9.17, 15) is 0 Å². The van der Waals surface area contributed by atoms with E-state index in [-0.39, 0.29) is 0 Å². The monoisotopic (exact) mass is 178 g/mol. The van der Waals surface area contributed by atoms with Crippen LogP contribution in [0.4, 0.5) is 0 Å². The molecule has 0 bridgehead atoms. The van der Waals surface area contributed by atoms with Crippen LogP contribution in [0, 0.1) is 0 Å². The van der Waals surface area contributed by atoms with Crippen molar-refractivity contribution in [2.75, 3.05) is 6.54 Å². The molecule has 0 atom stereocenters. The predicted octanol–water partition coefficient (Wildman–Crippen LogP) is 1.93. The molecule has 0 aromatic carbocycles. The van der Waals surface area contributed by atoms with E-state index in [2.05, 4.69) is 18.0 Å². The number of nitrogens with two attached hydrogens (primary N) is 1. The van der Waals surface area contributed by atoms with E-state index < -0.39 is 0 Å². The van der Waals surface area contributed by atoms with Gasteiger partial charge in [-0.25, -0.2) is 0 Å². The average molecular weight is 178 g/mol. The van der Waals surface area contributed by atoms with E-state index in [1.165, 1.54) is 17.5 Å². The van der Waals surface area contributed by atoms with Crippen LogP contribution >= 0.6 is 0 Å². The summed E-state index contributed by atoms with van der Waals surface area (Å²) in [5.41, 5.74) is 8.10. The molecule has 1 aromatic rings. The second-order valence-corrected chi connectivity index (χ2v) is 3.30. The van der Waals surface area contributed by atoms with Gasteiger partial charge in [0.05, 0.1) is 0 Å². The largest absolute Gasteiger partial charge is 0.330 e. The summed E-state index contributed by atoms with van der Waals surface area (Å²) in [5, 5.41) is 0. The summed E-state index contributed by atoms with van der Waals surface area (Å²) in [5.74, 6) is 0. The van der Waals surface area contributed by atoms with Gasteiger partial charge in [-0.1, -0.05) is 13.0 Å². The van der Waals surface area contributed by atoms with Crippen molar-refractivity contribution in [3.05, 3.63) is 29.6 Å². The van der Waals surface area contributed by atoms with Crippen molar-refractivity contribution < 1.29 is 0 Å². The van der Waals surface area contributed by atoms with Gasteiger partial charge in [0.2, 0.25) is 0 Å². The molecule has 0 aliphatic rings. The van der Waals surface area contributed by atoms with Gasteiger partial charge in [0.15, 0.2) is 0 Å². The quantitative estimate of drug-likeness (QED) is 0.700. The van der Waals surface area contributed by atoms with Gasteiger partial charge < -0.3 is 5.73 Å². The van der Waals surface area contributed by atoms with Gasteiger partial charge in [-0.15, -0.1) is 0 Å². The van der Waals surface area contributed by atoms with E-state index in [1.807, 2.05) is 12.4 Å². The van der Waals surface area contributed by atoms with Crippen LogP contribution in [0.5, 0.6) is 0 Å². The lowest BCUT2D eigenvalue weighted by atomic mass is 10.1. The second kappa shape index (κ2) is 5.70. The molecular formula is C11H18N2. The molecule has 0 saturated carbocycles. The van der Waals surface area contributed by atoms with Crippen molar-refractivity contribution in [2.24, 2.45) is 5.73 Å². The number of aromatic nitrogens is 1. The Bertz CT molecular complexity index is 246. The zero-order chi connectivity index (χ0) is 9.52. The fourth-order valence-electron chi connectivity index (χ4n) is 1.34. The Hall–Kier alpha value is -0.890. The highest BCUT2D eigenvalue weighted by Gasteiger charge is 1.95. The molecule has 13 heavy (non-hydrogen) atoms. The van der Waals surface area contributed by atoms with Crippen LogP contribution < -0.4 is 5.73 Å². The van der Waals surface area contributed by atoms with Crippen LogP contribution in [0.2, 0.25) is 0 Å². The Morgan fingerprint density at radius 1 is 1.23 bits per heavy atom. The van der Waals surface area contributed by atoms with E-state index >= 15 is 0 Å². The molecule has 1 heterocycles. The Labute approximate surface area is 80.2 Å². The minimum absolute atomic E-state index is 0.793. The molecule has 0 spiro atoms. The normalized spacial score (nSPS) is 10.3. The smallest absolute Gasteiger partial charge is 0.0300 e. The third kappa shape index (κ3) is 3.55. The van der Waals surface area contributed by atoms with Crippen LogP contribution in [0.25, 0.3) is 0 Å². The lowest BCUT2D eigenvalue weighted by Crippen LogP contribution is -1.99. The summed E-state index contributed by atoms with van der Waals surface area (Å²) in [6.45, 7) is 2.95. The highest BCUT2D eigenvalue weighted by molar-refractivity contribution is 5.17. The molecule has 2 heteroatoms. The van der Waals surface area contributed by atoms with Gasteiger partial charge in [-0.05, 0) is 43.4 Å². The molecule has 1 aromatic heterocycles. The predicted molar refractivity (Wildman–Crippen MR) is 55.6 cm³/mol. The molecule has 1 rings (SSSR count). The maximum absolute atomic E-state index is 5.43. The highest BCUT2D eigenvalue weighted by atomic mass is 14.6. The number of unbranched alkanes of at least 4 members (excludes halogenated alkanes) is 1. The Morgan fingerprint density at radius 2 is 2.00 bits per heavy atom. The van der Waals surface area contributed by atoms with Crippen molar-refractivity contribution in [3.8, 4) is 0 Å². The number of rotatable bonds is 5. The maximum atomic E-state index is 5.43. The first-order valence-corrected chi connectivity index (χ1v) is 4.99. The SMILES string of the molecule is CCc1cncc(CCCCN)c1. The lowest BCUT2D eigenvalue weighted by molar-refractivity contribution is 0.742. The fourth-order valence-corrected chi connectivity index (χ4v) is 1.34. The zero-order valence-corrected chi connectivity index (χ0v) is 8.29. The third-order valence-electron chi connectivity index (χ3n) is 2.18. The van der Waals surface area contributed by atoms with Gasteiger partial charge in [0.25, 0.3) is 0 Å². The summed E-state index contributed by atoms with van der Waals surface area (Å²) in [6, 6.07) is 2.24. The minimum Gasteiger partial charge on any atom is -0.330 e. The topological polar surface area (TPSA) is 38.9 Å². The van der Waals surface area contributed by atoms with Crippen LogP contribution in [-0.4, -0.2) is 11.5 Å². The summed E-state index contributed by atoms with van der Waals surface area (Å²) >= 11 is 0. The number of hydrogen-bond donors (Lipinski definition) is 1. The molecule has 0 saturated heterocycles. The fraction of sp³-hybridized carbons (Fsp3) is 0.545. The minimum atomic E-state index is 0.793. The zero-order valence-electron chi connectivity index (χ0n) is 8.29. The van der Waals surface area contributed by atoms with Crippen LogP contribution in [0.1, 0.15) is 30.9 Å². The number of aryl methyl sites for hydroxylation is 2. The molecular weight excluding hydrogens is 160 g/mol. The molecule has 2 N–H and O–H groups in total. The summed E-state index contributed by atoms with van der Waals surface area (Å²) in [4.78, 5) is 4.20. The molecule has 0 aliphatic carbocycles. The second-order valence-electron chi connectivity index (χ2n) is 3.30. The molecule has 2 nitrogen and oxygen atoms in total. The number of nitrogens with zero attached hydrogens (tertiary/aromatic N) is 1. The highest BCUT2D eigenvalue weighted by Crippen LogP contribution is 2.06. The van der Waals surface area contributed by atoms with Crippen molar-refractivity contribution in [1.29, 1.82) is 0 Å². The van der Waals surface area contributed by atoms with E-state index in [0.717, 1.165) is 25.8 Å². The Morgan fingerprint density at radius 3 is 2.69 bits per heavy atom. The standard InChI is InChI=1S/C11H18N2/c1-2-10-7-11(9-13-8-10)5-3-4-6-12/h7-9H,2-6,12H2,1H3. The Balaban J connectivity index is 2.46. The Kier molecular flexibility index (Phi) is 4.47. The van der Waals surface area contributed by atoms with Gasteiger partial charge in [-0.2, -0.15) is 0 Å². The van der Waals surface area contributed by atoms with Gasteiger partial charge in [-0.3, -0.25) is 4.98 Å². The molecule has 0 amide bonds. The molecule has 0 fully saturated rings. The van der Waals surface area contributed by atoms with Gasteiger partial charge >= 0.3 is 0 Å². The summed E-state index contributed by atoms with van der Waals surface area (Å²) in [7, 11) is 0. The van der Waals surface area contributed by atoms with Crippen molar-refractivity contribution >= 4 is 0 Å². The molecule has 72 valence electrons. The summed E-state index contributed by atoms with van der Waals surface area (Å²) in [6.07, 6.45) is 8.35. The molecule has 0 aliphatic heterocycles. The lowest BCUT2D eigenvalue weighted by Gasteiger charge is -2.01. The number of hydrogen-bond acceptors (Lipinski definition) is 2. The third-order valence-corrected chi connectivity index (χ3v) is 2.18. The van der Waals surface area contributed by atoms with E-state index in [0.29, 0.717) is 0 Å². The van der Waals surface area contributed by atoms with Crippen LogP contribution in [0.15, 0.2) is 18.5 Å².